The Bertz CT molecular complexity index is 2010. The Morgan fingerprint density at radius 2 is 1.59 bits per heavy atom. The molecule has 0 saturated heterocycles. The van der Waals surface area contributed by atoms with Gasteiger partial charge in [-0.2, -0.15) is 5.10 Å². The van der Waals surface area contributed by atoms with Crippen molar-refractivity contribution in [2.24, 2.45) is 0 Å². The molecular formula is C32H23F2N7. The average Bonchev–Trinajstić information content (AvgIpc) is 3.63. The Balaban J connectivity index is 1.24. The first-order valence-corrected chi connectivity index (χ1v) is 13.1. The number of pyridine rings is 2. The summed E-state index contributed by atoms with van der Waals surface area (Å²) in [6, 6.07) is 23.7. The van der Waals surface area contributed by atoms with Gasteiger partial charge in [-0.1, -0.05) is 42.5 Å². The highest BCUT2D eigenvalue weighted by molar-refractivity contribution is 5.98. The summed E-state index contributed by atoms with van der Waals surface area (Å²) in [6.07, 6.45) is 5.01. The predicted molar refractivity (Wildman–Crippen MR) is 155 cm³/mol. The first kappa shape index (κ1) is 24.7. The quantitative estimate of drug-likeness (QED) is 0.206. The zero-order chi connectivity index (χ0) is 27.8. The van der Waals surface area contributed by atoms with Crippen molar-refractivity contribution in [2.45, 2.75) is 13.1 Å². The van der Waals surface area contributed by atoms with Crippen LogP contribution in [-0.2, 0) is 13.1 Å². The smallest absolute Gasteiger partial charge is 0.159 e. The number of imidazole rings is 1. The number of hydrogen-bond acceptors (Lipinski definition) is 5. The average molecular weight is 544 g/mol. The van der Waals surface area contributed by atoms with Crippen LogP contribution in [-0.4, -0.2) is 30.1 Å². The van der Waals surface area contributed by atoms with E-state index in [0.29, 0.717) is 62.4 Å². The highest BCUT2D eigenvalue weighted by atomic mass is 19.1. The van der Waals surface area contributed by atoms with E-state index in [1.54, 1.807) is 55.0 Å². The Hall–Kier alpha value is -5.28. The highest BCUT2D eigenvalue weighted by Gasteiger charge is 2.21. The molecule has 0 fully saturated rings. The van der Waals surface area contributed by atoms with Crippen LogP contribution in [0, 0.1) is 11.6 Å². The van der Waals surface area contributed by atoms with E-state index < -0.39 is 11.6 Å². The van der Waals surface area contributed by atoms with E-state index >= 15 is 4.39 Å². The van der Waals surface area contributed by atoms with Crippen LogP contribution in [0.2, 0.25) is 0 Å². The third-order valence-electron chi connectivity index (χ3n) is 7.03. The van der Waals surface area contributed by atoms with Crippen LogP contribution >= 0.6 is 0 Å². The van der Waals surface area contributed by atoms with Gasteiger partial charge < -0.3 is 10.3 Å². The van der Waals surface area contributed by atoms with Crippen LogP contribution in [0.3, 0.4) is 0 Å². The number of fused-ring (bicyclic) bond motifs is 2. The Morgan fingerprint density at radius 1 is 0.756 bits per heavy atom. The maximum atomic E-state index is 16.2. The molecule has 0 unspecified atom stereocenters. The molecule has 4 aromatic heterocycles. The van der Waals surface area contributed by atoms with Crippen molar-refractivity contribution >= 4 is 21.9 Å². The molecule has 0 bridgehead atoms. The second-order valence-electron chi connectivity index (χ2n) is 9.71. The molecule has 0 aliphatic heterocycles. The summed E-state index contributed by atoms with van der Waals surface area (Å²) >= 11 is 0. The van der Waals surface area contributed by atoms with Gasteiger partial charge in [-0.05, 0) is 47.5 Å². The molecule has 3 N–H and O–H groups in total. The van der Waals surface area contributed by atoms with Gasteiger partial charge in [0.2, 0.25) is 0 Å². The summed E-state index contributed by atoms with van der Waals surface area (Å²) < 4.78 is 30.8. The lowest BCUT2D eigenvalue weighted by Gasteiger charge is -2.09. The van der Waals surface area contributed by atoms with E-state index in [2.05, 4.69) is 47.6 Å². The monoisotopic (exact) mass is 543 g/mol. The molecule has 4 heterocycles. The van der Waals surface area contributed by atoms with Gasteiger partial charge in [-0.25, -0.2) is 13.8 Å². The van der Waals surface area contributed by atoms with E-state index in [9.17, 15) is 4.39 Å². The van der Waals surface area contributed by atoms with Crippen LogP contribution in [0.4, 0.5) is 8.78 Å². The molecule has 9 heteroatoms. The summed E-state index contributed by atoms with van der Waals surface area (Å²) in [5.74, 6) is -0.482. The minimum absolute atomic E-state index is 0.301. The molecule has 7 nitrogen and oxygen atoms in total. The fraction of sp³-hybridized carbons (Fsp3) is 0.0625. The van der Waals surface area contributed by atoms with Crippen molar-refractivity contribution in [2.75, 3.05) is 0 Å². The first-order chi connectivity index (χ1) is 20.2. The lowest BCUT2D eigenvalue weighted by Crippen LogP contribution is -2.12. The van der Waals surface area contributed by atoms with E-state index in [1.807, 2.05) is 24.3 Å². The molecule has 200 valence electrons. The molecule has 3 aromatic carbocycles. The van der Waals surface area contributed by atoms with Crippen molar-refractivity contribution in [1.29, 1.82) is 0 Å². The number of halogens is 2. The van der Waals surface area contributed by atoms with E-state index in [4.69, 9.17) is 0 Å². The van der Waals surface area contributed by atoms with Gasteiger partial charge in [0.1, 0.15) is 28.5 Å². The van der Waals surface area contributed by atoms with Gasteiger partial charge in [0.15, 0.2) is 5.82 Å². The van der Waals surface area contributed by atoms with Crippen molar-refractivity contribution < 1.29 is 8.78 Å². The number of nitrogens with one attached hydrogen (secondary N) is 3. The third kappa shape index (κ3) is 4.62. The molecular weight excluding hydrogens is 520 g/mol. The molecule has 0 amide bonds. The molecule has 0 spiro atoms. The van der Waals surface area contributed by atoms with Gasteiger partial charge in [0.25, 0.3) is 0 Å². The molecule has 41 heavy (non-hydrogen) atoms. The minimum Gasteiger partial charge on any atom is -0.336 e. The molecule has 0 aliphatic rings. The number of rotatable bonds is 7. The SMILES string of the molecule is Fc1ccccc1-c1nccc2[nH]c(-c3n[nH]c4ccc(-c5cncc(CNCc6ccccc6)c5)c(F)c34)nc12. The van der Waals surface area contributed by atoms with Crippen molar-refractivity contribution in [1.82, 2.24) is 35.5 Å². The first-order valence-electron chi connectivity index (χ1n) is 13.1. The number of hydrogen-bond donors (Lipinski definition) is 3. The van der Waals surface area contributed by atoms with Gasteiger partial charge >= 0.3 is 0 Å². The standard InChI is InChI=1S/C32H23F2N7/c33-24-9-5-4-8-23(24)29-30-26(12-13-37-29)38-32(39-30)31-27-25(40-41-31)11-10-22(28(27)34)21-14-20(17-36-18-21)16-35-15-19-6-2-1-3-7-19/h1-14,17-18,35H,15-16H2,(H,38,39)(H,40,41). The third-order valence-corrected chi connectivity index (χ3v) is 7.03. The van der Waals surface area contributed by atoms with Crippen molar-refractivity contribution in [3.8, 4) is 33.9 Å². The molecule has 7 rings (SSSR count). The summed E-state index contributed by atoms with van der Waals surface area (Å²) in [4.78, 5) is 16.6. The summed E-state index contributed by atoms with van der Waals surface area (Å²) in [6.45, 7) is 1.31. The van der Waals surface area contributed by atoms with E-state index in [-0.39, 0.29) is 0 Å². The van der Waals surface area contributed by atoms with Crippen LogP contribution in [0.1, 0.15) is 11.1 Å². The van der Waals surface area contributed by atoms with E-state index in [1.165, 1.54) is 11.6 Å². The lowest BCUT2D eigenvalue weighted by atomic mass is 10.0. The summed E-state index contributed by atoms with van der Waals surface area (Å²) in [5, 5.41) is 11.0. The number of aromatic nitrogens is 6. The maximum absolute atomic E-state index is 16.2. The Morgan fingerprint density at radius 3 is 2.46 bits per heavy atom. The van der Waals surface area contributed by atoms with Crippen LogP contribution in [0.15, 0.2) is 97.5 Å². The predicted octanol–water partition coefficient (Wildman–Crippen LogP) is 6.80. The number of aromatic amines is 2. The van der Waals surface area contributed by atoms with Gasteiger partial charge in [-0.3, -0.25) is 15.1 Å². The zero-order valence-corrected chi connectivity index (χ0v) is 21.7. The minimum atomic E-state index is -0.435. The van der Waals surface area contributed by atoms with Crippen LogP contribution < -0.4 is 5.32 Å². The second-order valence-corrected chi connectivity index (χ2v) is 9.71. The number of benzene rings is 3. The number of nitrogens with zero attached hydrogens (tertiary/aromatic N) is 4. The summed E-state index contributed by atoms with van der Waals surface area (Å²) in [5.41, 5.74) is 5.88. The maximum Gasteiger partial charge on any atom is 0.159 e. The van der Waals surface area contributed by atoms with Gasteiger partial charge in [0, 0.05) is 48.4 Å². The zero-order valence-electron chi connectivity index (χ0n) is 21.7. The Labute approximate surface area is 233 Å². The fourth-order valence-electron chi connectivity index (χ4n) is 5.04. The highest BCUT2D eigenvalue weighted by Crippen LogP contribution is 2.35. The Kier molecular flexibility index (Phi) is 6.25. The van der Waals surface area contributed by atoms with Gasteiger partial charge in [0.05, 0.1) is 16.4 Å². The largest absolute Gasteiger partial charge is 0.336 e. The van der Waals surface area contributed by atoms with Gasteiger partial charge in [-0.15, -0.1) is 0 Å². The summed E-state index contributed by atoms with van der Waals surface area (Å²) in [7, 11) is 0. The molecule has 0 saturated carbocycles. The van der Waals surface area contributed by atoms with Crippen LogP contribution in [0.5, 0.6) is 0 Å². The molecule has 0 atom stereocenters. The molecule has 0 aliphatic carbocycles. The second kappa shape index (κ2) is 10.4. The lowest BCUT2D eigenvalue weighted by molar-refractivity contribution is 0.631. The van der Waals surface area contributed by atoms with E-state index in [0.717, 1.165) is 12.1 Å². The molecule has 0 radical (unpaired) electrons. The fourth-order valence-corrected chi connectivity index (χ4v) is 5.04. The molecule has 7 aromatic rings. The van der Waals surface area contributed by atoms with Crippen molar-refractivity contribution in [3.63, 3.8) is 0 Å². The normalized spacial score (nSPS) is 11.5. The topological polar surface area (TPSA) is 95.2 Å². The van der Waals surface area contributed by atoms with Crippen molar-refractivity contribution in [3.05, 3.63) is 120 Å². The van der Waals surface area contributed by atoms with Crippen LogP contribution in [0.25, 0.3) is 55.8 Å². The number of H-pyrrole nitrogens is 2.